The molecule has 0 aromatic heterocycles. The van der Waals surface area contributed by atoms with Crippen molar-refractivity contribution in [3.8, 4) is 0 Å². The molecule has 3 N–H and O–H groups in total. The van der Waals surface area contributed by atoms with Gasteiger partial charge in [0.2, 0.25) is 17.7 Å². The fraction of sp³-hybridized carbons (Fsp3) is 0.483. The number of hydrogen-bond acceptors (Lipinski definition) is 5. The van der Waals surface area contributed by atoms with Crippen molar-refractivity contribution in [2.45, 2.75) is 57.4 Å². The van der Waals surface area contributed by atoms with E-state index in [1.165, 1.54) is 4.90 Å². The Labute approximate surface area is 227 Å². The number of nitrogens with one attached hydrogen (secondary N) is 2. The third-order valence-electron chi connectivity index (χ3n) is 8.75. The highest BCUT2D eigenvalue weighted by Crippen LogP contribution is 2.65. The van der Waals surface area contributed by atoms with Crippen LogP contribution >= 0.6 is 11.6 Å². The van der Waals surface area contributed by atoms with Crippen molar-refractivity contribution in [1.82, 2.24) is 4.90 Å². The minimum Gasteiger partial charge on any atom is -0.394 e. The lowest BCUT2D eigenvalue weighted by Crippen LogP contribution is -2.57. The van der Waals surface area contributed by atoms with Crippen molar-refractivity contribution in [1.29, 1.82) is 0 Å². The molecule has 0 radical (unpaired) electrons. The van der Waals surface area contributed by atoms with Crippen LogP contribution in [0.1, 0.15) is 34.1 Å². The monoisotopic (exact) mass is 539 g/mol. The molecule has 8 nitrogen and oxygen atoms in total. The number of fused-ring (bicyclic) bond motifs is 1. The second-order valence-electron chi connectivity index (χ2n) is 11.3. The van der Waals surface area contributed by atoms with Crippen LogP contribution < -0.4 is 10.6 Å². The highest BCUT2D eigenvalue weighted by atomic mass is 35.5. The molecule has 2 aromatic rings. The van der Waals surface area contributed by atoms with Crippen LogP contribution in [0.15, 0.2) is 54.6 Å². The standard InChI is InChI=1S/C29H34ClN3O5/c1-16(2)21(15-34)33-24(26(36)32-20-12-10-18(30)11-13-20)29-14-17(3)28(4,38-29)22(23(29)27(33)37)25(35)31-19-8-6-5-7-9-19/h5-13,16-17,21-24,34H,14-15H2,1-4H3,(H,31,35)(H,32,36)/t17?,21-,22+,23-,24?,28-,29?/m0/s1. The molecule has 2 aromatic carbocycles. The summed E-state index contributed by atoms with van der Waals surface area (Å²) < 4.78 is 6.73. The van der Waals surface area contributed by atoms with Gasteiger partial charge in [-0.15, -0.1) is 0 Å². The average Bonchev–Trinajstić information content (AvgIpc) is 3.38. The molecule has 7 atom stereocenters. The number of aliphatic hydroxyl groups excluding tert-OH is 1. The van der Waals surface area contributed by atoms with Crippen molar-refractivity contribution in [3.05, 3.63) is 59.6 Å². The second-order valence-corrected chi connectivity index (χ2v) is 11.7. The third kappa shape index (κ3) is 4.01. The van der Waals surface area contributed by atoms with E-state index in [4.69, 9.17) is 16.3 Å². The van der Waals surface area contributed by atoms with Crippen molar-refractivity contribution >= 4 is 40.7 Å². The quantitative estimate of drug-likeness (QED) is 0.494. The van der Waals surface area contributed by atoms with Crippen molar-refractivity contribution in [2.24, 2.45) is 23.7 Å². The molecule has 3 saturated heterocycles. The molecule has 3 heterocycles. The molecule has 1 spiro atoms. The first-order valence-electron chi connectivity index (χ1n) is 13.1. The number of anilines is 2. The highest BCUT2D eigenvalue weighted by Gasteiger charge is 2.80. The minimum absolute atomic E-state index is 0.0875. The van der Waals surface area contributed by atoms with E-state index < -0.39 is 41.0 Å². The van der Waals surface area contributed by atoms with Crippen LogP contribution in [0.5, 0.6) is 0 Å². The zero-order chi connectivity index (χ0) is 27.4. The van der Waals surface area contributed by atoms with Crippen molar-refractivity contribution in [2.75, 3.05) is 17.2 Å². The molecule has 3 unspecified atom stereocenters. The lowest BCUT2D eigenvalue weighted by Gasteiger charge is -2.38. The summed E-state index contributed by atoms with van der Waals surface area (Å²) in [4.78, 5) is 43.5. The number of hydrogen-bond donors (Lipinski definition) is 3. The summed E-state index contributed by atoms with van der Waals surface area (Å²) in [6.07, 6.45) is 0.445. The first-order valence-corrected chi connectivity index (χ1v) is 13.5. The fourth-order valence-electron chi connectivity index (χ4n) is 6.84. The number of benzene rings is 2. The van der Waals surface area contributed by atoms with Crippen LogP contribution in [-0.2, 0) is 19.1 Å². The maximum Gasteiger partial charge on any atom is 0.250 e. The molecule has 3 fully saturated rings. The number of carbonyl (C=O) groups excluding carboxylic acids is 3. The number of likely N-dealkylation sites (tertiary alicyclic amines) is 1. The Morgan fingerprint density at radius 1 is 1.08 bits per heavy atom. The lowest BCUT2D eigenvalue weighted by atomic mass is 9.62. The van der Waals surface area contributed by atoms with Gasteiger partial charge in [0.1, 0.15) is 11.6 Å². The topological polar surface area (TPSA) is 108 Å². The molecule has 38 heavy (non-hydrogen) atoms. The molecule has 3 aliphatic rings. The molecule has 202 valence electrons. The Hall–Kier alpha value is -2.94. The summed E-state index contributed by atoms with van der Waals surface area (Å²) >= 11 is 6.02. The molecule has 0 saturated carbocycles. The third-order valence-corrected chi connectivity index (χ3v) is 9.00. The average molecular weight is 540 g/mol. The van der Waals surface area contributed by atoms with E-state index in [1.54, 1.807) is 36.4 Å². The van der Waals surface area contributed by atoms with E-state index in [9.17, 15) is 19.5 Å². The van der Waals surface area contributed by atoms with Gasteiger partial charge in [-0.3, -0.25) is 14.4 Å². The zero-order valence-electron chi connectivity index (χ0n) is 22.0. The van der Waals surface area contributed by atoms with E-state index in [-0.39, 0.29) is 30.3 Å². The number of rotatable bonds is 7. The van der Waals surface area contributed by atoms with E-state index in [0.29, 0.717) is 22.8 Å². The Balaban J connectivity index is 1.57. The predicted molar refractivity (Wildman–Crippen MR) is 144 cm³/mol. The number of aliphatic hydroxyl groups is 1. The Morgan fingerprint density at radius 3 is 2.29 bits per heavy atom. The highest BCUT2D eigenvalue weighted by molar-refractivity contribution is 6.30. The number of halogens is 1. The van der Waals surface area contributed by atoms with Gasteiger partial charge in [0.05, 0.1) is 30.1 Å². The molecule has 3 amide bonds. The van der Waals surface area contributed by atoms with Gasteiger partial charge in [-0.25, -0.2) is 0 Å². The molecular formula is C29H34ClN3O5. The molecule has 5 rings (SSSR count). The van der Waals surface area contributed by atoms with Gasteiger partial charge < -0.3 is 25.4 Å². The van der Waals surface area contributed by atoms with Gasteiger partial charge in [-0.05, 0) is 61.6 Å². The normalized spacial score (nSPS) is 32.4. The first kappa shape index (κ1) is 26.7. The lowest BCUT2D eigenvalue weighted by molar-refractivity contribution is -0.149. The molecular weight excluding hydrogens is 506 g/mol. The van der Waals surface area contributed by atoms with Crippen LogP contribution in [0.25, 0.3) is 0 Å². The Bertz CT molecular complexity index is 1240. The summed E-state index contributed by atoms with van der Waals surface area (Å²) in [5.74, 6) is -2.94. The first-order chi connectivity index (χ1) is 18.0. The summed E-state index contributed by atoms with van der Waals surface area (Å²) in [5, 5.41) is 16.8. The van der Waals surface area contributed by atoms with E-state index >= 15 is 0 Å². The van der Waals surface area contributed by atoms with Crippen LogP contribution in [0.2, 0.25) is 5.02 Å². The molecule has 0 aliphatic carbocycles. The SMILES string of the molecule is CC(C)[C@H](CO)N1C(=O)[C@@H]2[C@H](C(=O)Nc3ccccc3)[C@@]3(C)OC2(CC3C)C1C(=O)Nc1ccc(Cl)cc1. The summed E-state index contributed by atoms with van der Waals surface area (Å²) in [7, 11) is 0. The Morgan fingerprint density at radius 2 is 1.68 bits per heavy atom. The van der Waals surface area contributed by atoms with Gasteiger partial charge in [0.25, 0.3) is 0 Å². The predicted octanol–water partition coefficient (Wildman–Crippen LogP) is 3.94. The minimum atomic E-state index is -1.21. The van der Waals surface area contributed by atoms with Gasteiger partial charge >= 0.3 is 0 Å². The molecule has 3 aliphatic heterocycles. The van der Waals surface area contributed by atoms with E-state index in [2.05, 4.69) is 10.6 Å². The van der Waals surface area contributed by atoms with E-state index in [0.717, 1.165) is 0 Å². The van der Waals surface area contributed by atoms with Crippen LogP contribution in [0.4, 0.5) is 11.4 Å². The number of carbonyl (C=O) groups is 3. The number of amides is 3. The van der Waals surface area contributed by atoms with E-state index in [1.807, 2.05) is 45.9 Å². The van der Waals surface area contributed by atoms with Crippen molar-refractivity contribution < 1.29 is 24.2 Å². The van der Waals surface area contributed by atoms with Crippen LogP contribution in [-0.4, -0.2) is 57.6 Å². The second kappa shape index (κ2) is 9.67. The number of para-hydroxylation sites is 1. The van der Waals surface area contributed by atoms with Gasteiger partial charge in [-0.1, -0.05) is 50.6 Å². The summed E-state index contributed by atoms with van der Waals surface area (Å²) in [6.45, 7) is 7.36. The van der Waals surface area contributed by atoms with Gasteiger partial charge in [0, 0.05) is 16.4 Å². The number of nitrogens with zero attached hydrogens (tertiary/aromatic N) is 1. The van der Waals surface area contributed by atoms with Gasteiger partial charge in [0.15, 0.2) is 0 Å². The van der Waals surface area contributed by atoms with Crippen LogP contribution in [0.3, 0.4) is 0 Å². The zero-order valence-corrected chi connectivity index (χ0v) is 22.7. The van der Waals surface area contributed by atoms with Crippen molar-refractivity contribution in [3.63, 3.8) is 0 Å². The summed E-state index contributed by atoms with van der Waals surface area (Å²) in [6, 6.07) is 14.2. The fourth-order valence-corrected chi connectivity index (χ4v) is 6.96. The molecule has 2 bridgehead atoms. The smallest absolute Gasteiger partial charge is 0.250 e. The molecule has 9 heteroatoms. The largest absolute Gasteiger partial charge is 0.394 e. The maximum absolute atomic E-state index is 14.3. The van der Waals surface area contributed by atoms with Crippen LogP contribution in [0, 0.1) is 23.7 Å². The summed E-state index contributed by atoms with van der Waals surface area (Å²) in [5.41, 5.74) is -0.985. The maximum atomic E-state index is 14.3. The Kier molecular flexibility index (Phi) is 6.78. The number of ether oxygens (including phenoxy) is 1. The van der Waals surface area contributed by atoms with Gasteiger partial charge in [-0.2, -0.15) is 0 Å².